The van der Waals surface area contributed by atoms with E-state index in [1.165, 1.54) is 0 Å². The van der Waals surface area contributed by atoms with Crippen molar-refractivity contribution in [2.75, 3.05) is 19.6 Å². The van der Waals surface area contributed by atoms with Gasteiger partial charge in [-0.3, -0.25) is 9.59 Å². The number of carbonyl (C=O) groups is 2. The van der Waals surface area contributed by atoms with Gasteiger partial charge in [-0.2, -0.15) is 0 Å². The van der Waals surface area contributed by atoms with E-state index in [0.717, 1.165) is 13.0 Å². The topological polar surface area (TPSA) is 70.2 Å². The van der Waals surface area contributed by atoms with E-state index in [4.69, 9.17) is 0 Å². The Morgan fingerprint density at radius 3 is 2.29 bits per heavy atom. The maximum atomic E-state index is 12.1. The smallest absolute Gasteiger partial charge is 0.251 e. The molecule has 1 rings (SSSR count). The van der Waals surface area contributed by atoms with Crippen molar-refractivity contribution in [2.24, 2.45) is 0 Å². The molecule has 1 atom stereocenters. The highest BCUT2D eigenvalue weighted by Crippen LogP contribution is 2.05. The Morgan fingerprint density at radius 1 is 1.10 bits per heavy atom. The molecule has 0 unspecified atom stereocenters. The molecular weight excluding hydrogens is 266 g/mol. The van der Waals surface area contributed by atoms with Crippen LogP contribution in [0, 0.1) is 0 Å². The number of hydrogen-bond donors (Lipinski definition) is 3. The van der Waals surface area contributed by atoms with Crippen molar-refractivity contribution < 1.29 is 9.59 Å². The number of amides is 2. The lowest BCUT2D eigenvalue weighted by molar-refractivity contribution is 0.0950. The number of nitrogens with one attached hydrogen (secondary N) is 3. The van der Waals surface area contributed by atoms with Crippen LogP contribution in [0.2, 0.25) is 0 Å². The van der Waals surface area contributed by atoms with Gasteiger partial charge in [-0.15, -0.1) is 0 Å². The minimum absolute atomic E-state index is 0.146. The number of hydrogen-bond acceptors (Lipinski definition) is 3. The molecule has 5 heteroatoms. The van der Waals surface area contributed by atoms with Gasteiger partial charge < -0.3 is 16.0 Å². The van der Waals surface area contributed by atoms with Gasteiger partial charge in [0.05, 0.1) is 0 Å². The van der Waals surface area contributed by atoms with Crippen molar-refractivity contribution in [2.45, 2.75) is 33.2 Å². The van der Waals surface area contributed by atoms with Crippen LogP contribution in [0.1, 0.15) is 47.9 Å². The van der Waals surface area contributed by atoms with Gasteiger partial charge in [0.25, 0.3) is 11.8 Å². The average Bonchev–Trinajstić information content (AvgIpc) is 2.50. The molecule has 0 heterocycles. The number of likely N-dealkylation sites (N-methyl/N-ethyl adjacent to an activating group) is 1. The van der Waals surface area contributed by atoms with Gasteiger partial charge in [0.1, 0.15) is 0 Å². The van der Waals surface area contributed by atoms with Gasteiger partial charge in [0, 0.05) is 30.3 Å². The minimum atomic E-state index is -0.162. The molecule has 2 amide bonds. The van der Waals surface area contributed by atoms with Crippen LogP contribution < -0.4 is 16.0 Å². The fourth-order valence-electron chi connectivity index (χ4n) is 1.91. The highest BCUT2D eigenvalue weighted by molar-refractivity contribution is 5.99. The summed E-state index contributed by atoms with van der Waals surface area (Å²) >= 11 is 0. The van der Waals surface area contributed by atoms with Gasteiger partial charge in [0.15, 0.2) is 0 Å². The predicted molar refractivity (Wildman–Crippen MR) is 84.5 cm³/mol. The summed E-state index contributed by atoms with van der Waals surface area (Å²) < 4.78 is 0. The van der Waals surface area contributed by atoms with Crippen molar-refractivity contribution in [3.05, 3.63) is 35.4 Å². The summed E-state index contributed by atoms with van der Waals surface area (Å²) in [4.78, 5) is 23.9. The van der Waals surface area contributed by atoms with Crippen molar-refractivity contribution in [3.8, 4) is 0 Å². The second-order valence-electron chi connectivity index (χ2n) is 5.01. The Balaban J connectivity index is 2.62. The molecular formula is C16H25N3O2. The Morgan fingerprint density at radius 2 is 1.71 bits per heavy atom. The first-order chi connectivity index (χ1) is 10.1. The normalized spacial score (nSPS) is 11.8. The number of carbonyl (C=O) groups excluding carboxylic acids is 2. The Kier molecular flexibility index (Phi) is 7.46. The second kappa shape index (κ2) is 9.13. The second-order valence-corrected chi connectivity index (χ2v) is 5.01. The van der Waals surface area contributed by atoms with Crippen LogP contribution >= 0.6 is 0 Å². The fraction of sp³-hybridized carbons (Fsp3) is 0.500. The van der Waals surface area contributed by atoms with E-state index in [2.05, 4.69) is 16.0 Å². The van der Waals surface area contributed by atoms with Crippen LogP contribution in [0.4, 0.5) is 0 Å². The third kappa shape index (κ3) is 5.95. The molecule has 0 aliphatic carbocycles. The summed E-state index contributed by atoms with van der Waals surface area (Å²) in [6, 6.07) is 6.99. The molecule has 5 nitrogen and oxygen atoms in total. The van der Waals surface area contributed by atoms with Crippen molar-refractivity contribution >= 4 is 11.8 Å². The van der Waals surface area contributed by atoms with Gasteiger partial charge >= 0.3 is 0 Å². The lowest BCUT2D eigenvalue weighted by Crippen LogP contribution is -2.38. The maximum Gasteiger partial charge on any atom is 0.251 e. The van der Waals surface area contributed by atoms with Gasteiger partial charge in [0.2, 0.25) is 0 Å². The molecule has 116 valence electrons. The average molecular weight is 291 g/mol. The molecule has 21 heavy (non-hydrogen) atoms. The van der Waals surface area contributed by atoms with Crippen LogP contribution in [0.25, 0.3) is 0 Å². The fourth-order valence-corrected chi connectivity index (χ4v) is 1.91. The summed E-state index contributed by atoms with van der Waals surface area (Å²) in [7, 11) is 0. The molecule has 0 fully saturated rings. The summed E-state index contributed by atoms with van der Waals surface area (Å²) in [5.74, 6) is -0.308. The zero-order valence-electron chi connectivity index (χ0n) is 13.0. The van der Waals surface area contributed by atoms with Crippen LogP contribution in [0.15, 0.2) is 24.3 Å². The minimum Gasteiger partial charge on any atom is -0.352 e. The highest BCUT2D eigenvalue weighted by Gasteiger charge is 2.10. The standard InChI is InChI=1S/C16H25N3O2/c1-4-9-18-15(20)13-7-6-8-14(10-13)16(21)19-11-12(3)17-5-2/h6-8,10,12,17H,4-5,9,11H2,1-3H3,(H,18,20)(H,19,21)/t12-/m1/s1. The van der Waals surface area contributed by atoms with E-state index in [0.29, 0.717) is 24.2 Å². The quantitative estimate of drug-likeness (QED) is 0.680. The molecule has 1 aromatic carbocycles. The van der Waals surface area contributed by atoms with Crippen LogP contribution in [-0.4, -0.2) is 37.5 Å². The van der Waals surface area contributed by atoms with E-state index < -0.39 is 0 Å². The lowest BCUT2D eigenvalue weighted by atomic mass is 10.1. The maximum absolute atomic E-state index is 12.1. The van der Waals surface area contributed by atoms with Crippen LogP contribution in [-0.2, 0) is 0 Å². The van der Waals surface area contributed by atoms with Gasteiger partial charge in [-0.05, 0) is 38.1 Å². The zero-order chi connectivity index (χ0) is 15.7. The summed E-state index contributed by atoms with van der Waals surface area (Å²) in [5, 5.41) is 8.89. The van der Waals surface area contributed by atoms with Crippen molar-refractivity contribution in [1.29, 1.82) is 0 Å². The first kappa shape index (κ1) is 17.2. The molecule has 0 spiro atoms. The number of benzene rings is 1. The lowest BCUT2D eigenvalue weighted by Gasteiger charge is -2.13. The molecule has 0 aliphatic heterocycles. The Labute approximate surface area is 126 Å². The molecule has 0 saturated carbocycles. The van der Waals surface area contributed by atoms with Crippen molar-refractivity contribution in [3.63, 3.8) is 0 Å². The summed E-state index contributed by atoms with van der Waals surface area (Å²) in [5.41, 5.74) is 1.01. The molecule has 3 N–H and O–H groups in total. The predicted octanol–water partition coefficient (Wildman–Crippen LogP) is 1.55. The Bertz CT molecular complexity index is 474. The monoisotopic (exact) mass is 291 g/mol. The molecule has 0 aromatic heterocycles. The first-order valence-electron chi connectivity index (χ1n) is 7.48. The van der Waals surface area contributed by atoms with Crippen LogP contribution in [0.5, 0.6) is 0 Å². The SMILES string of the molecule is CCCNC(=O)c1cccc(C(=O)NC[C@@H](C)NCC)c1. The van der Waals surface area contributed by atoms with Gasteiger partial charge in [-0.25, -0.2) is 0 Å². The largest absolute Gasteiger partial charge is 0.352 e. The first-order valence-corrected chi connectivity index (χ1v) is 7.48. The van der Waals surface area contributed by atoms with E-state index in [-0.39, 0.29) is 17.9 Å². The van der Waals surface area contributed by atoms with E-state index in [1.54, 1.807) is 24.3 Å². The van der Waals surface area contributed by atoms with E-state index >= 15 is 0 Å². The van der Waals surface area contributed by atoms with Gasteiger partial charge in [-0.1, -0.05) is 19.9 Å². The zero-order valence-corrected chi connectivity index (χ0v) is 13.0. The van der Waals surface area contributed by atoms with E-state index in [1.807, 2.05) is 20.8 Å². The molecule has 0 bridgehead atoms. The third-order valence-electron chi connectivity index (χ3n) is 3.04. The van der Waals surface area contributed by atoms with Crippen LogP contribution in [0.3, 0.4) is 0 Å². The van der Waals surface area contributed by atoms with Crippen molar-refractivity contribution in [1.82, 2.24) is 16.0 Å². The van der Waals surface area contributed by atoms with E-state index in [9.17, 15) is 9.59 Å². The summed E-state index contributed by atoms with van der Waals surface area (Å²) in [6.45, 7) is 8.09. The third-order valence-corrected chi connectivity index (χ3v) is 3.04. The number of rotatable bonds is 8. The highest BCUT2D eigenvalue weighted by atomic mass is 16.2. The molecule has 1 aromatic rings. The Hall–Kier alpha value is -1.88. The summed E-state index contributed by atoms with van der Waals surface area (Å²) in [6.07, 6.45) is 0.883. The molecule has 0 saturated heterocycles. The molecule has 0 radical (unpaired) electrons. The molecule has 0 aliphatic rings.